The number of halogens is 1. The van der Waals surface area contributed by atoms with Crippen molar-refractivity contribution in [1.82, 2.24) is 14.3 Å². The molecule has 5 rings (SSSR count). The maximum absolute atomic E-state index is 13.9. The van der Waals surface area contributed by atoms with Crippen LogP contribution in [0.1, 0.15) is 72.7 Å². The van der Waals surface area contributed by atoms with Crippen molar-refractivity contribution in [3.8, 4) is 11.1 Å². The highest BCUT2D eigenvalue weighted by Crippen LogP contribution is 2.36. The van der Waals surface area contributed by atoms with Gasteiger partial charge in [-0.15, -0.1) is 0 Å². The lowest BCUT2D eigenvalue weighted by Gasteiger charge is -2.19. The normalized spacial score (nSPS) is 13.3. The van der Waals surface area contributed by atoms with Gasteiger partial charge in [0.05, 0.1) is 30.6 Å². The molecule has 2 aromatic carbocycles. The van der Waals surface area contributed by atoms with Gasteiger partial charge < -0.3 is 4.74 Å². The summed E-state index contributed by atoms with van der Waals surface area (Å²) >= 11 is 6.35. The zero-order valence-electron chi connectivity index (χ0n) is 21.7. The number of fused-ring (bicyclic) bond motifs is 1. The monoisotopic (exact) mass is 531 g/mol. The first kappa shape index (κ1) is 25.9. The van der Waals surface area contributed by atoms with Gasteiger partial charge in [0.15, 0.2) is 5.78 Å². The first-order chi connectivity index (χ1) is 18.3. The molecule has 0 spiro atoms. The van der Waals surface area contributed by atoms with Crippen molar-refractivity contribution in [2.75, 3.05) is 6.61 Å². The third kappa shape index (κ3) is 5.03. The molecule has 1 aliphatic rings. The number of esters is 1. The Morgan fingerprint density at radius 1 is 1.08 bits per heavy atom. The molecule has 1 saturated carbocycles. The quantitative estimate of drug-likeness (QED) is 0.187. The van der Waals surface area contributed by atoms with Gasteiger partial charge in [-0.1, -0.05) is 62.7 Å². The van der Waals surface area contributed by atoms with Crippen LogP contribution in [-0.2, 0) is 11.3 Å². The zero-order valence-corrected chi connectivity index (χ0v) is 22.5. The van der Waals surface area contributed by atoms with E-state index in [-0.39, 0.29) is 36.3 Å². The number of ether oxygens (including phenoxy) is 1. The van der Waals surface area contributed by atoms with Crippen LogP contribution in [-0.4, -0.2) is 32.7 Å². The molecule has 8 heteroatoms. The number of pyridine rings is 1. The number of nitrogens with zero attached hydrogens (tertiary/aromatic N) is 3. The van der Waals surface area contributed by atoms with Crippen molar-refractivity contribution >= 4 is 34.1 Å². The van der Waals surface area contributed by atoms with Gasteiger partial charge in [0.25, 0.3) is 5.56 Å². The summed E-state index contributed by atoms with van der Waals surface area (Å²) in [6.07, 6.45) is 2.08. The molecule has 0 N–H and O–H groups in total. The van der Waals surface area contributed by atoms with Crippen molar-refractivity contribution in [2.24, 2.45) is 5.92 Å². The summed E-state index contributed by atoms with van der Waals surface area (Å²) in [5.74, 6) is -0.389. The van der Waals surface area contributed by atoms with E-state index in [1.807, 2.05) is 44.2 Å². The Balaban J connectivity index is 1.70. The number of aromatic nitrogens is 3. The predicted octanol–water partition coefficient (Wildman–Crippen LogP) is 6.31. The van der Waals surface area contributed by atoms with Crippen LogP contribution >= 0.6 is 11.6 Å². The molecule has 0 saturated heterocycles. The number of rotatable bonds is 9. The van der Waals surface area contributed by atoms with E-state index in [4.69, 9.17) is 21.4 Å². The molecular weight excluding hydrogens is 502 g/mol. The van der Waals surface area contributed by atoms with E-state index in [1.165, 1.54) is 4.57 Å². The molecule has 2 aromatic heterocycles. The second-order valence-electron chi connectivity index (χ2n) is 10.1. The van der Waals surface area contributed by atoms with Crippen LogP contribution < -0.4 is 5.56 Å². The smallest absolute Gasteiger partial charge is 0.356 e. The van der Waals surface area contributed by atoms with E-state index < -0.39 is 5.97 Å². The Bertz CT molecular complexity index is 1580. The fourth-order valence-electron chi connectivity index (χ4n) is 4.68. The Labute approximate surface area is 226 Å². The van der Waals surface area contributed by atoms with Crippen LogP contribution in [0.25, 0.3) is 21.9 Å². The SMILES string of the molecule is CCC(=O)c1c(-c2ccccc2)c2cc(Cl)ccc2c(=O)n1Cc1cc(C(=O)OCC(C)C)n(C2CC2)n1. The second kappa shape index (κ2) is 10.6. The van der Waals surface area contributed by atoms with Gasteiger partial charge in [0.1, 0.15) is 5.69 Å². The minimum Gasteiger partial charge on any atom is -0.461 e. The van der Waals surface area contributed by atoms with Gasteiger partial charge in [0.2, 0.25) is 0 Å². The predicted molar refractivity (Wildman–Crippen MR) is 148 cm³/mol. The number of carbonyl (C=O) groups is 2. The Morgan fingerprint density at radius 3 is 2.47 bits per heavy atom. The molecule has 0 unspecified atom stereocenters. The minimum atomic E-state index is -0.431. The maximum Gasteiger partial charge on any atom is 0.356 e. The molecule has 0 radical (unpaired) electrons. The van der Waals surface area contributed by atoms with Crippen molar-refractivity contribution in [3.63, 3.8) is 0 Å². The molecule has 38 heavy (non-hydrogen) atoms. The molecule has 0 amide bonds. The highest BCUT2D eigenvalue weighted by atomic mass is 35.5. The van der Waals surface area contributed by atoms with Crippen molar-refractivity contribution in [3.05, 3.63) is 87.1 Å². The lowest BCUT2D eigenvalue weighted by atomic mass is 9.94. The van der Waals surface area contributed by atoms with E-state index in [1.54, 1.807) is 35.9 Å². The van der Waals surface area contributed by atoms with Gasteiger partial charge in [-0.3, -0.25) is 18.8 Å². The first-order valence-corrected chi connectivity index (χ1v) is 13.4. The van der Waals surface area contributed by atoms with E-state index in [2.05, 4.69) is 0 Å². The molecule has 1 fully saturated rings. The number of hydrogen-bond acceptors (Lipinski definition) is 5. The van der Waals surface area contributed by atoms with E-state index in [0.29, 0.717) is 45.0 Å². The van der Waals surface area contributed by atoms with E-state index >= 15 is 0 Å². The van der Waals surface area contributed by atoms with Gasteiger partial charge in [-0.25, -0.2) is 4.79 Å². The van der Waals surface area contributed by atoms with Crippen LogP contribution in [0.3, 0.4) is 0 Å². The lowest BCUT2D eigenvalue weighted by molar-refractivity contribution is 0.0444. The molecule has 7 nitrogen and oxygen atoms in total. The highest BCUT2D eigenvalue weighted by Gasteiger charge is 2.31. The number of Topliss-reactive ketones (excluding diaryl/α,β-unsaturated/α-hetero) is 1. The van der Waals surface area contributed by atoms with Crippen molar-refractivity contribution < 1.29 is 14.3 Å². The Hall–Kier alpha value is -3.71. The largest absolute Gasteiger partial charge is 0.461 e. The fourth-order valence-corrected chi connectivity index (χ4v) is 4.85. The van der Waals surface area contributed by atoms with Gasteiger partial charge in [0, 0.05) is 22.4 Å². The van der Waals surface area contributed by atoms with Crippen molar-refractivity contribution in [2.45, 2.75) is 52.6 Å². The summed E-state index contributed by atoms with van der Waals surface area (Å²) < 4.78 is 8.69. The summed E-state index contributed by atoms with van der Waals surface area (Å²) in [7, 11) is 0. The molecule has 0 atom stereocenters. The zero-order chi connectivity index (χ0) is 27.0. The van der Waals surface area contributed by atoms with Crippen LogP contribution in [0.15, 0.2) is 59.4 Å². The average Bonchev–Trinajstić information content (AvgIpc) is 3.67. The third-order valence-corrected chi connectivity index (χ3v) is 6.87. The summed E-state index contributed by atoms with van der Waals surface area (Å²) in [6, 6.07) is 16.5. The number of ketones is 1. The van der Waals surface area contributed by atoms with Crippen LogP contribution in [0, 0.1) is 5.92 Å². The lowest BCUT2D eigenvalue weighted by Crippen LogP contribution is -2.28. The second-order valence-corrected chi connectivity index (χ2v) is 10.6. The topological polar surface area (TPSA) is 83.2 Å². The summed E-state index contributed by atoms with van der Waals surface area (Å²) in [5.41, 5.74) is 2.37. The molecule has 4 aromatic rings. The van der Waals surface area contributed by atoms with Crippen molar-refractivity contribution in [1.29, 1.82) is 0 Å². The molecule has 0 aliphatic heterocycles. The molecule has 0 bridgehead atoms. The molecule has 2 heterocycles. The fraction of sp³-hybridized carbons (Fsp3) is 0.333. The molecule has 1 aliphatic carbocycles. The highest BCUT2D eigenvalue weighted by molar-refractivity contribution is 6.31. The molecule has 196 valence electrons. The van der Waals surface area contributed by atoms with Crippen LogP contribution in [0.4, 0.5) is 0 Å². The maximum atomic E-state index is 13.9. The summed E-state index contributed by atoms with van der Waals surface area (Å²) in [6.45, 7) is 6.09. The van der Waals surface area contributed by atoms with Gasteiger partial charge in [-0.05, 0) is 54.0 Å². The minimum absolute atomic E-state index is 0.0441. The number of carbonyl (C=O) groups excluding carboxylic acids is 2. The Morgan fingerprint density at radius 2 is 1.82 bits per heavy atom. The number of hydrogen-bond donors (Lipinski definition) is 0. The third-order valence-electron chi connectivity index (χ3n) is 6.64. The first-order valence-electron chi connectivity index (χ1n) is 13.0. The summed E-state index contributed by atoms with van der Waals surface area (Å²) in [4.78, 5) is 40.2. The van der Waals surface area contributed by atoms with Crippen LogP contribution in [0.2, 0.25) is 5.02 Å². The van der Waals surface area contributed by atoms with Gasteiger partial charge in [-0.2, -0.15) is 5.10 Å². The average molecular weight is 532 g/mol. The number of benzene rings is 2. The standard InChI is InChI=1S/C30H30ClN3O4/c1-4-26(35)28-27(19-8-6-5-7-9-19)24-14-20(31)10-13-23(24)29(36)33(28)16-21-15-25(30(37)38-17-18(2)3)34(32-21)22-11-12-22/h5-10,13-15,18,22H,4,11-12,16-17H2,1-3H3. The Kier molecular flexibility index (Phi) is 7.21. The van der Waals surface area contributed by atoms with Crippen LogP contribution in [0.5, 0.6) is 0 Å². The van der Waals surface area contributed by atoms with E-state index in [9.17, 15) is 14.4 Å². The summed E-state index contributed by atoms with van der Waals surface area (Å²) in [5, 5.41) is 6.27. The molecular formula is C30H30ClN3O4. The van der Waals surface area contributed by atoms with Gasteiger partial charge >= 0.3 is 5.97 Å². The van der Waals surface area contributed by atoms with E-state index in [0.717, 1.165) is 18.4 Å².